The van der Waals surface area contributed by atoms with Gasteiger partial charge in [-0.1, -0.05) is 30.3 Å². The quantitative estimate of drug-likeness (QED) is 0.644. The standard InChI is InChI=1S/C23H27N5OS/c1-16-24-21(20-18-9-6-10-19(18)30-22(20)25-16)27-11-13-28(14-12-27)23(29)26(2)15-17-7-4-3-5-8-17/h3-5,7-8H,6,9-15H2,1-2H3. The maximum absolute atomic E-state index is 12.9. The average molecular weight is 422 g/mol. The van der Waals surface area contributed by atoms with E-state index in [1.54, 1.807) is 0 Å². The molecule has 0 spiro atoms. The van der Waals surface area contributed by atoms with Crippen LogP contribution in [0.3, 0.4) is 0 Å². The van der Waals surface area contributed by atoms with Crippen LogP contribution < -0.4 is 4.90 Å². The Kier molecular flexibility index (Phi) is 5.06. The maximum Gasteiger partial charge on any atom is 0.320 e. The van der Waals surface area contributed by atoms with Gasteiger partial charge in [-0.3, -0.25) is 0 Å². The van der Waals surface area contributed by atoms with Gasteiger partial charge in [0.25, 0.3) is 0 Å². The highest BCUT2D eigenvalue weighted by Crippen LogP contribution is 2.40. The van der Waals surface area contributed by atoms with Gasteiger partial charge in [0.2, 0.25) is 0 Å². The van der Waals surface area contributed by atoms with Crippen LogP contribution in [0.5, 0.6) is 0 Å². The van der Waals surface area contributed by atoms with Crippen LogP contribution >= 0.6 is 11.3 Å². The summed E-state index contributed by atoms with van der Waals surface area (Å²) in [4.78, 5) is 31.2. The number of urea groups is 1. The molecule has 2 aliphatic rings. The Labute approximate surface area is 181 Å². The number of aromatic nitrogens is 2. The molecule has 3 aromatic rings. The minimum Gasteiger partial charge on any atom is -0.352 e. The number of carbonyl (C=O) groups is 1. The zero-order chi connectivity index (χ0) is 20.7. The summed E-state index contributed by atoms with van der Waals surface area (Å²) < 4.78 is 0. The van der Waals surface area contributed by atoms with E-state index in [0.29, 0.717) is 6.54 Å². The molecule has 2 aromatic heterocycles. The summed E-state index contributed by atoms with van der Waals surface area (Å²) in [6, 6.07) is 10.2. The van der Waals surface area contributed by atoms with Gasteiger partial charge in [-0.15, -0.1) is 11.3 Å². The Morgan fingerprint density at radius 1 is 1.10 bits per heavy atom. The van der Waals surface area contributed by atoms with E-state index in [4.69, 9.17) is 9.97 Å². The molecular formula is C23H27N5OS. The van der Waals surface area contributed by atoms with Crippen LogP contribution in [-0.2, 0) is 19.4 Å². The number of benzene rings is 1. The fourth-order valence-electron chi connectivity index (χ4n) is 4.59. The Morgan fingerprint density at radius 2 is 1.87 bits per heavy atom. The van der Waals surface area contributed by atoms with Crippen molar-refractivity contribution in [3.8, 4) is 0 Å². The summed E-state index contributed by atoms with van der Waals surface area (Å²) in [6.07, 6.45) is 3.54. The second-order valence-electron chi connectivity index (χ2n) is 8.23. The molecule has 1 saturated heterocycles. The smallest absolute Gasteiger partial charge is 0.320 e. The van der Waals surface area contributed by atoms with Crippen LogP contribution in [0, 0.1) is 6.92 Å². The normalized spacial score (nSPS) is 16.2. The predicted octanol–water partition coefficient (Wildman–Crippen LogP) is 3.86. The van der Waals surface area contributed by atoms with E-state index in [-0.39, 0.29) is 6.03 Å². The van der Waals surface area contributed by atoms with Gasteiger partial charge < -0.3 is 14.7 Å². The van der Waals surface area contributed by atoms with E-state index in [1.807, 2.05) is 53.3 Å². The highest BCUT2D eigenvalue weighted by molar-refractivity contribution is 7.19. The first-order valence-electron chi connectivity index (χ1n) is 10.7. The van der Waals surface area contributed by atoms with Crippen LogP contribution in [0.25, 0.3) is 10.2 Å². The number of hydrogen-bond acceptors (Lipinski definition) is 5. The van der Waals surface area contributed by atoms with Crippen molar-refractivity contribution < 1.29 is 4.79 Å². The Hall–Kier alpha value is -2.67. The SMILES string of the molecule is Cc1nc(N2CCN(C(=O)N(C)Cc3ccccc3)CC2)c2c3c(sc2n1)CCC3. The van der Waals surface area contributed by atoms with E-state index in [1.165, 1.54) is 28.7 Å². The number of amides is 2. The van der Waals surface area contributed by atoms with Gasteiger partial charge in [-0.05, 0) is 37.3 Å². The van der Waals surface area contributed by atoms with Crippen LogP contribution in [0.1, 0.15) is 28.2 Å². The number of fused-ring (bicyclic) bond motifs is 3. The van der Waals surface area contributed by atoms with Crippen molar-refractivity contribution in [2.24, 2.45) is 0 Å². The maximum atomic E-state index is 12.9. The monoisotopic (exact) mass is 421 g/mol. The first-order chi connectivity index (χ1) is 14.6. The van der Waals surface area contributed by atoms with Gasteiger partial charge in [0, 0.05) is 44.6 Å². The summed E-state index contributed by atoms with van der Waals surface area (Å²) in [5.41, 5.74) is 2.61. The lowest BCUT2D eigenvalue weighted by Gasteiger charge is -2.37. The van der Waals surface area contributed by atoms with Gasteiger partial charge in [-0.2, -0.15) is 0 Å². The van der Waals surface area contributed by atoms with Crippen molar-refractivity contribution in [1.29, 1.82) is 0 Å². The van der Waals surface area contributed by atoms with Gasteiger partial charge >= 0.3 is 6.03 Å². The molecule has 5 rings (SSSR count). The van der Waals surface area contributed by atoms with Gasteiger partial charge in [-0.25, -0.2) is 14.8 Å². The Bertz CT molecular complexity index is 1070. The largest absolute Gasteiger partial charge is 0.352 e. The Balaban J connectivity index is 1.30. The number of nitrogens with zero attached hydrogens (tertiary/aromatic N) is 5. The number of thiophene rings is 1. The van der Waals surface area contributed by atoms with Crippen molar-refractivity contribution in [1.82, 2.24) is 19.8 Å². The lowest BCUT2D eigenvalue weighted by Crippen LogP contribution is -2.52. The zero-order valence-corrected chi connectivity index (χ0v) is 18.4. The number of aryl methyl sites for hydroxylation is 3. The second-order valence-corrected chi connectivity index (χ2v) is 9.31. The van der Waals surface area contributed by atoms with E-state index in [0.717, 1.165) is 54.6 Å². The van der Waals surface area contributed by atoms with Gasteiger partial charge in [0.15, 0.2) is 0 Å². The molecule has 0 atom stereocenters. The minimum absolute atomic E-state index is 0.0962. The molecule has 7 heteroatoms. The Morgan fingerprint density at radius 3 is 2.63 bits per heavy atom. The third-order valence-electron chi connectivity index (χ3n) is 6.10. The van der Waals surface area contributed by atoms with Crippen LogP contribution in [-0.4, -0.2) is 59.0 Å². The topological polar surface area (TPSA) is 52.6 Å². The fourth-order valence-corrected chi connectivity index (χ4v) is 5.89. The third kappa shape index (κ3) is 3.51. The molecule has 0 bridgehead atoms. The highest BCUT2D eigenvalue weighted by Gasteiger charge is 2.28. The fraction of sp³-hybridized carbons (Fsp3) is 0.435. The van der Waals surface area contributed by atoms with Crippen molar-refractivity contribution in [3.63, 3.8) is 0 Å². The summed E-state index contributed by atoms with van der Waals surface area (Å²) in [5, 5.41) is 1.26. The molecule has 1 aliphatic heterocycles. The summed E-state index contributed by atoms with van der Waals surface area (Å²) in [6.45, 7) is 5.66. The van der Waals surface area contributed by atoms with Gasteiger partial charge in [0.1, 0.15) is 16.5 Å². The molecule has 0 saturated carbocycles. The summed E-state index contributed by atoms with van der Waals surface area (Å²) >= 11 is 1.84. The second kappa shape index (κ2) is 7.87. The van der Waals surface area contributed by atoms with Crippen molar-refractivity contribution in [2.75, 3.05) is 38.1 Å². The minimum atomic E-state index is 0.0962. The van der Waals surface area contributed by atoms with Crippen molar-refractivity contribution in [3.05, 3.63) is 52.2 Å². The first kappa shape index (κ1) is 19.3. The number of hydrogen-bond donors (Lipinski definition) is 0. The molecule has 30 heavy (non-hydrogen) atoms. The summed E-state index contributed by atoms with van der Waals surface area (Å²) in [5.74, 6) is 1.90. The van der Waals surface area contributed by atoms with E-state index in [9.17, 15) is 4.79 Å². The average Bonchev–Trinajstić information content (AvgIpc) is 3.34. The number of carbonyl (C=O) groups excluding carboxylic acids is 1. The number of rotatable bonds is 3. The summed E-state index contributed by atoms with van der Waals surface area (Å²) in [7, 11) is 1.88. The molecule has 6 nitrogen and oxygen atoms in total. The van der Waals surface area contributed by atoms with Crippen molar-refractivity contribution >= 4 is 33.4 Å². The van der Waals surface area contributed by atoms with E-state index >= 15 is 0 Å². The molecule has 1 aromatic carbocycles. The molecular weight excluding hydrogens is 394 g/mol. The van der Waals surface area contributed by atoms with Crippen LogP contribution in [0.15, 0.2) is 30.3 Å². The van der Waals surface area contributed by atoms with Crippen molar-refractivity contribution in [2.45, 2.75) is 32.7 Å². The number of piperazine rings is 1. The molecule has 156 valence electrons. The molecule has 2 amide bonds. The van der Waals surface area contributed by atoms with Crippen LogP contribution in [0.2, 0.25) is 0 Å². The molecule has 0 N–H and O–H groups in total. The van der Waals surface area contributed by atoms with E-state index in [2.05, 4.69) is 17.0 Å². The highest BCUT2D eigenvalue weighted by atomic mass is 32.1. The lowest BCUT2D eigenvalue weighted by atomic mass is 10.1. The lowest BCUT2D eigenvalue weighted by molar-refractivity contribution is 0.157. The molecule has 3 heterocycles. The predicted molar refractivity (Wildman–Crippen MR) is 121 cm³/mol. The molecule has 0 radical (unpaired) electrons. The third-order valence-corrected chi connectivity index (χ3v) is 7.28. The molecule has 0 unspecified atom stereocenters. The number of anilines is 1. The molecule has 1 fully saturated rings. The van der Waals surface area contributed by atoms with E-state index < -0.39 is 0 Å². The zero-order valence-electron chi connectivity index (χ0n) is 17.6. The first-order valence-corrected chi connectivity index (χ1v) is 11.5. The molecule has 1 aliphatic carbocycles. The van der Waals surface area contributed by atoms with Gasteiger partial charge in [0.05, 0.1) is 5.39 Å². The van der Waals surface area contributed by atoms with Crippen LogP contribution in [0.4, 0.5) is 10.6 Å².